The van der Waals surface area contributed by atoms with Crippen LogP contribution in [0.5, 0.6) is 0 Å². The molecule has 5 rings (SSSR count). The lowest BCUT2D eigenvalue weighted by atomic mass is 9.95. The van der Waals surface area contributed by atoms with Crippen LogP contribution in [0.4, 0.5) is 5.82 Å². The zero-order valence-corrected chi connectivity index (χ0v) is 18.7. The van der Waals surface area contributed by atoms with Crippen molar-refractivity contribution in [3.05, 3.63) is 59.5 Å². The predicted molar refractivity (Wildman–Crippen MR) is 119 cm³/mol. The van der Waals surface area contributed by atoms with Crippen LogP contribution in [0.1, 0.15) is 59.9 Å². The third-order valence-electron chi connectivity index (χ3n) is 6.33. The Bertz CT molecular complexity index is 1210. The van der Waals surface area contributed by atoms with Crippen LogP contribution in [0.2, 0.25) is 0 Å². The summed E-state index contributed by atoms with van der Waals surface area (Å²) < 4.78 is 5.53. The molecule has 2 atom stereocenters. The number of carbonyl (C=O) groups excluding carboxylic acids is 2. The quantitative estimate of drug-likeness (QED) is 0.607. The van der Waals surface area contributed by atoms with Gasteiger partial charge in [-0.2, -0.15) is 0 Å². The molecule has 170 valence electrons. The van der Waals surface area contributed by atoms with Gasteiger partial charge in [-0.15, -0.1) is 15.0 Å². The lowest BCUT2D eigenvalue weighted by molar-refractivity contribution is 0.00955. The molecule has 33 heavy (non-hydrogen) atoms. The maximum atomic E-state index is 13.6. The van der Waals surface area contributed by atoms with Crippen LogP contribution in [0.25, 0.3) is 5.69 Å². The van der Waals surface area contributed by atoms with Crippen LogP contribution < -0.4 is 5.32 Å². The fourth-order valence-electron chi connectivity index (χ4n) is 4.58. The van der Waals surface area contributed by atoms with E-state index in [4.69, 9.17) is 4.74 Å². The number of hydrogen-bond acceptors (Lipinski definition) is 8. The van der Waals surface area contributed by atoms with Crippen molar-refractivity contribution in [2.24, 2.45) is 0 Å². The second-order valence-electron chi connectivity index (χ2n) is 8.95. The van der Waals surface area contributed by atoms with Crippen molar-refractivity contribution in [1.29, 1.82) is 0 Å². The van der Waals surface area contributed by atoms with E-state index >= 15 is 0 Å². The van der Waals surface area contributed by atoms with Gasteiger partial charge in [0.25, 0.3) is 5.91 Å². The molecule has 0 saturated carbocycles. The standard InChI is InChI=1S/C23H25N7O3/c1-14-8-9-15(27-20-19-17(10-11-24-20)23(2,3)33-22(19)32)12-29(14)21(31)16-6-4-5-7-18(16)30-26-13-25-28-30/h4-7,10-11,13-15H,8-9,12H2,1-3H3,(H,24,27). The normalized spacial score (nSPS) is 21.4. The van der Waals surface area contributed by atoms with E-state index in [1.54, 1.807) is 18.3 Å². The number of likely N-dealkylation sites (tertiary alicyclic amines) is 1. The molecule has 1 saturated heterocycles. The topological polar surface area (TPSA) is 115 Å². The number of tetrazole rings is 1. The maximum Gasteiger partial charge on any atom is 0.343 e. The minimum absolute atomic E-state index is 0.0580. The Morgan fingerprint density at radius 2 is 2.03 bits per heavy atom. The summed E-state index contributed by atoms with van der Waals surface area (Å²) in [6.07, 6.45) is 4.68. The number of benzene rings is 1. The molecule has 10 heteroatoms. The summed E-state index contributed by atoms with van der Waals surface area (Å²) >= 11 is 0. The molecule has 3 aromatic rings. The van der Waals surface area contributed by atoms with Gasteiger partial charge in [0.15, 0.2) is 6.33 Å². The largest absolute Gasteiger partial charge is 0.451 e. The van der Waals surface area contributed by atoms with Gasteiger partial charge < -0.3 is 15.0 Å². The van der Waals surface area contributed by atoms with Crippen molar-refractivity contribution < 1.29 is 14.3 Å². The first-order chi connectivity index (χ1) is 15.8. The number of pyridine rings is 1. The first-order valence-electron chi connectivity index (χ1n) is 11.0. The highest BCUT2D eigenvalue weighted by Gasteiger charge is 2.41. The molecule has 2 aromatic heterocycles. The van der Waals surface area contributed by atoms with E-state index in [0.717, 1.165) is 18.4 Å². The van der Waals surface area contributed by atoms with Gasteiger partial charge >= 0.3 is 5.97 Å². The molecule has 2 unspecified atom stereocenters. The Labute approximate surface area is 190 Å². The van der Waals surface area contributed by atoms with Crippen molar-refractivity contribution in [3.63, 3.8) is 0 Å². The predicted octanol–water partition coefficient (Wildman–Crippen LogP) is 2.57. The smallest absolute Gasteiger partial charge is 0.343 e. The molecule has 1 aromatic carbocycles. The Morgan fingerprint density at radius 1 is 1.21 bits per heavy atom. The molecule has 0 aliphatic carbocycles. The molecular formula is C23H25N7O3. The minimum atomic E-state index is -0.687. The van der Waals surface area contributed by atoms with Gasteiger partial charge in [0.05, 0.1) is 5.56 Å². The van der Waals surface area contributed by atoms with Gasteiger partial charge in [0, 0.05) is 30.4 Å². The lowest BCUT2D eigenvalue weighted by Gasteiger charge is -2.38. The van der Waals surface area contributed by atoms with E-state index in [9.17, 15) is 9.59 Å². The number of carbonyl (C=O) groups is 2. The van der Waals surface area contributed by atoms with E-state index in [-0.39, 0.29) is 24.0 Å². The summed E-state index contributed by atoms with van der Waals surface area (Å²) in [5.74, 6) is 0.0212. The minimum Gasteiger partial charge on any atom is -0.451 e. The van der Waals surface area contributed by atoms with Crippen LogP contribution in [0, 0.1) is 0 Å². The Morgan fingerprint density at radius 3 is 2.82 bits per heavy atom. The number of aromatic nitrogens is 5. The molecule has 1 amide bonds. The monoisotopic (exact) mass is 447 g/mol. The third-order valence-corrected chi connectivity index (χ3v) is 6.33. The second-order valence-corrected chi connectivity index (χ2v) is 8.95. The molecule has 0 spiro atoms. The number of hydrogen-bond donors (Lipinski definition) is 1. The number of piperidine rings is 1. The number of amides is 1. The number of nitrogens with zero attached hydrogens (tertiary/aromatic N) is 6. The summed E-state index contributed by atoms with van der Waals surface area (Å²) in [5, 5.41) is 15.2. The number of fused-ring (bicyclic) bond motifs is 1. The summed E-state index contributed by atoms with van der Waals surface area (Å²) in [6.45, 7) is 6.25. The SMILES string of the molecule is CC1CCC(Nc2nccc3c2C(=O)OC3(C)C)CN1C(=O)c1ccccc1-n1ncnn1. The van der Waals surface area contributed by atoms with E-state index in [1.165, 1.54) is 11.1 Å². The number of para-hydroxylation sites is 1. The van der Waals surface area contributed by atoms with Crippen LogP contribution in [-0.2, 0) is 10.3 Å². The van der Waals surface area contributed by atoms with Crippen molar-refractivity contribution >= 4 is 17.7 Å². The number of ether oxygens (including phenoxy) is 1. The molecule has 1 fully saturated rings. The summed E-state index contributed by atoms with van der Waals surface area (Å²) in [7, 11) is 0. The maximum absolute atomic E-state index is 13.6. The van der Waals surface area contributed by atoms with E-state index < -0.39 is 5.60 Å². The average molecular weight is 447 g/mol. The van der Waals surface area contributed by atoms with E-state index in [2.05, 4.69) is 25.7 Å². The van der Waals surface area contributed by atoms with Gasteiger partial charge in [-0.3, -0.25) is 4.79 Å². The number of cyclic esters (lactones) is 1. The van der Waals surface area contributed by atoms with E-state index in [0.29, 0.717) is 29.2 Å². The van der Waals surface area contributed by atoms with Crippen LogP contribution >= 0.6 is 0 Å². The highest BCUT2D eigenvalue weighted by molar-refractivity contribution is 6.00. The molecule has 10 nitrogen and oxygen atoms in total. The van der Waals surface area contributed by atoms with Crippen LogP contribution in [0.3, 0.4) is 0 Å². The molecule has 1 N–H and O–H groups in total. The van der Waals surface area contributed by atoms with Crippen molar-refractivity contribution in [3.8, 4) is 5.69 Å². The van der Waals surface area contributed by atoms with Gasteiger partial charge in [0.1, 0.15) is 22.7 Å². The van der Waals surface area contributed by atoms with Gasteiger partial charge in [0.2, 0.25) is 0 Å². The molecule has 0 bridgehead atoms. The second kappa shape index (κ2) is 7.95. The van der Waals surface area contributed by atoms with Crippen molar-refractivity contribution in [2.45, 2.75) is 51.3 Å². The van der Waals surface area contributed by atoms with Gasteiger partial charge in [-0.05, 0) is 57.0 Å². The van der Waals surface area contributed by atoms with Gasteiger partial charge in [-0.25, -0.2) is 9.78 Å². The fraction of sp³-hybridized carbons (Fsp3) is 0.391. The Hall–Kier alpha value is -3.82. The highest BCUT2D eigenvalue weighted by Crippen LogP contribution is 2.38. The lowest BCUT2D eigenvalue weighted by Crippen LogP contribution is -2.50. The molecule has 0 radical (unpaired) electrons. The number of rotatable bonds is 4. The molecule has 2 aliphatic heterocycles. The number of esters is 1. The van der Waals surface area contributed by atoms with Gasteiger partial charge in [-0.1, -0.05) is 12.1 Å². The first kappa shape index (κ1) is 21.0. The Balaban J connectivity index is 1.40. The zero-order chi connectivity index (χ0) is 23.2. The third kappa shape index (κ3) is 3.71. The molecule has 2 aliphatic rings. The number of anilines is 1. The molecular weight excluding hydrogens is 422 g/mol. The van der Waals surface area contributed by atoms with Crippen LogP contribution in [0.15, 0.2) is 42.9 Å². The average Bonchev–Trinajstić information content (AvgIpc) is 3.41. The first-order valence-corrected chi connectivity index (χ1v) is 11.0. The summed E-state index contributed by atoms with van der Waals surface area (Å²) in [6, 6.07) is 9.05. The Kier molecular flexibility index (Phi) is 5.07. The summed E-state index contributed by atoms with van der Waals surface area (Å²) in [4.78, 5) is 33.7. The fourth-order valence-corrected chi connectivity index (χ4v) is 4.58. The van der Waals surface area contributed by atoms with Crippen molar-refractivity contribution in [2.75, 3.05) is 11.9 Å². The molecule has 4 heterocycles. The van der Waals surface area contributed by atoms with Crippen LogP contribution in [-0.4, -0.2) is 60.6 Å². The zero-order valence-electron chi connectivity index (χ0n) is 18.7. The van der Waals surface area contributed by atoms with E-state index in [1.807, 2.05) is 43.9 Å². The number of nitrogens with one attached hydrogen (secondary N) is 1. The highest BCUT2D eigenvalue weighted by atomic mass is 16.6. The summed E-state index contributed by atoms with van der Waals surface area (Å²) in [5.41, 5.74) is 1.69. The van der Waals surface area contributed by atoms with Crippen molar-refractivity contribution in [1.82, 2.24) is 30.1 Å².